The third-order valence-corrected chi connectivity index (χ3v) is 7.26. The summed E-state index contributed by atoms with van der Waals surface area (Å²) in [4.78, 5) is 26.0. The zero-order valence-electron chi connectivity index (χ0n) is 23.6. The molecule has 2 heterocycles. The predicted molar refractivity (Wildman–Crippen MR) is 149 cm³/mol. The van der Waals surface area contributed by atoms with Gasteiger partial charge in [-0.25, -0.2) is 9.78 Å². The molecule has 0 amide bonds. The molecule has 3 rings (SSSR count). The van der Waals surface area contributed by atoms with E-state index in [1.165, 1.54) is 36.5 Å². The van der Waals surface area contributed by atoms with Gasteiger partial charge in [0.05, 0.1) is 18.9 Å². The van der Waals surface area contributed by atoms with Crippen molar-refractivity contribution in [2.75, 3.05) is 6.61 Å². The molecule has 0 spiro atoms. The van der Waals surface area contributed by atoms with Crippen LogP contribution in [0, 0.1) is 17.3 Å². The third-order valence-electron chi connectivity index (χ3n) is 7.26. The maximum Gasteiger partial charge on any atom is 0.328 e. The molecule has 0 aromatic carbocycles. The molecule has 0 bridgehead atoms. The van der Waals surface area contributed by atoms with Crippen molar-refractivity contribution >= 4 is 11.9 Å². The lowest BCUT2D eigenvalue weighted by Crippen LogP contribution is -2.19. The first-order chi connectivity index (χ1) is 17.4. The standard InChI is InChI=1S/C20H28O2.C11H16N2O2/c1-15(8-6-9-16(2)14-19(21)22)11-12-18-17(3)10-7-13-20(18,4)5;1-3-10-8(6-15-11(10)14)4-9-5-12-7-13(9)2/h6,8-9,11-12,14H,7,10,13H2,1-5H3,(H,21,22);5,7-8,10H,3-4,6H2,1-2H3/b9-6+,12-11+,15-8+,16-14-;/t;8-,10-/m.0/s1. The number of hydrogen-bond donors (Lipinski definition) is 1. The number of ether oxygens (including phenoxy) is 1. The Morgan fingerprint density at radius 1 is 1.27 bits per heavy atom. The SMILES string of the molecule is CC1=C(/C=C/C(C)=C/C=C/C(C)=C\C(=O)O)C(C)(C)CCC1.CC[C@@H]1C(=O)OC[C@@H]1Cc1cncn1C. The van der Waals surface area contributed by atoms with Crippen molar-refractivity contribution in [3.63, 3.8) is 0 Å². The van der Waals surface area contributed by atoms with Crippen LogP contribution in [0.2, 0.25) is 0 Å². The molecule has 1 saturated heterocycles. The lowest BCUT2D eigenvalue weighted by Gasteiger charge is -2.32. The number of carboxylic acid groups (broad SMARTS) is 1. The Morgan fingerprint density at radius 2 is 2.00 bits per heavy atom. The number of aliphatic carboxylic acids is 1. The lowest BCUT2D eigenvalue weighted by atomic mass is 9.72. The molecule has 1 aromatic heterocycles. The number of allylic oxidation sites excluding steroid dienone is 9. The van der Waals surface area contributed by atoms with Crippen LogP contribution < -0.4 is 0 Å². The number of cyclic esters (lactones) is 1. The fourth-order valence-corrected chi connectivity index (χ4v) is 5.03. The van der Waals surface area contributed by atoms with Crippen molar-refractivity contribution in [3.8, 4) is 0 Å². The van der Waals surface area contributed by atoms with E-state index in [-0.39, 0.29) is 17.3 Å². The molecule has 2 aliphatic rings. The van der Waals surface area contributed by atoms with Crippen LogP contribution in [0.15, 0.2) is 71.3 Å². The van der Waals surface area contributed by atoms with Crippen molar-refractivity contribution in [3.05, 3.63) is 77.0 Å². The van der Waals surface area contributed by atoms with Crippen LogP contribution in [0.5, 0.6) is 0 Å². The minimum Gasteiger partial charge on any atom is -0.478 e. The zero-order chi connectivity index (χ0) is 27.6. The first-order valence-corrected chi connectivity index (χ1v) is 13.2. The van der Waals surface area contributed by atoms with Gasteiger partial charge in [0, 0.05) is 30.9 Å². The molecule has 1 aromatic rings. The van der Waals surface area contributed by atoms with E-state index < -0.39 is 5.97 Å². The number of esters is 1. The van der Waals surface area contributed by atoms with Gasteiger partial charge in [0.15, 0.2) is 0 Å². The number of aromatic nitrogens is 2. The normalized spacial score (nSPS) is 22.4. The summed E-state index contributed by atoms with van der Waals surface area (Å²) in [5, 5.41) is 8.65. The van der Waals surface area contributed by atoms with E-state index in [9.17, 15) is 9.59 Å². The maximum atomic E-state index is 11.4. The minimum absolute atomic E-state index is 0.0373. The van der Waals surface area contributed by atoms with E-state index in [0.29, 0.717) is 12.5 Å². The van der Waals surface area contributed by atoms with Crippen LogP contribution in [0.25, 0.3) is 0 Å². The number of carbonyl (C=O) groups excluding carboxylic acids is 1. The molecule has 0 saturated carbocycles. The summed E-state index contributed by atoms with van der Waals surface area (Å²) >= 11 is 0. The summed E-state index contributed by atoms with van der Waals surface area (Å²) in [6.45, 7) is 13.3. The molecule has 1 aliphatic heterocycles. The number of carboxylic acids is 1. The highest BCUT2D eigenvalue weighted by Gasteiger charge is 2.35. The summed E-state index contributed by atoms with van der Waals surface area (Å²) in [6, 6.07) is 0. The van der Waals surface area contributed by atoms with Gasteiger partial charge in [0.25, 0.3) is 0 Å². The Kier molecular flexibility index (Phi) is 11.4. The number of aryl methyl sites for hydroxylation is 1. The van der Waals surface area contributed by atoms with Gasteiger partial charge < -0.3 is 14.4 Å². The second kappa shape index (κ2) is 14.0. The van der Waals surface area contributed by atoms with E-state index in [0.717, 1.165) is 29.7 Å². The Morgan fingerprint density at radius 3 is 2.59 bits per heavy atom. The van der Waals surface area contributed by atoms with Crippen LogP contribution in [0.4, 0.5) is 0 Å². The molecule has 0 radical (unpaired) electrons. The summed E-state index contributed by atoms with van der Waals surface area (Å²) < 4.78 is 7.08. The molecule has 1 fully saturated rings. The monoisotopic (exact) mass is 508 g/mol. The van der Waals surface area contributed by atoms with Gasteiger partial charge >= 0.3 is 11.9 Å². The fourth-order valence-electron chi connectivity index (χ4n) is 5.03. The number of imidazole rings is 1. The van der Waals surface area contributed by atoms with Gasteiger partial charge in [-0.15, -0.1) is 0 Å². The van der Waals surface area contributed by atoms with Gasteiger partial charge in [-0.2, -0.15) is 0 Å². The molecule has 202 valence electrons. The quantitative estimate of drug-likeness (QED) is 0.238. The molecule has 6 nitrogen and oxygen atoms in total. The fraction of sp³-hybridized carbons (Fsp3) is 0.516. The highest BCUT2D eigenvalue weighted by Crippen LogP contribution is 2.40. The number of nitrogens with zero attached hydrogens (tertiary/aromatic N) is 2. The van der Waals surface area contributed by atoms with Crippen molar-refractivity contribution in [2.45, 2.75) is 73.6 Å². The Labute approximate surface area is 222 Å². The average molecular weight is 509 g/mol. The van der Waals surface area contributed by atoms with Crippen molar-refractivity contribution in [2.24, 2.45) is 24.3 Å². The highest BCUT2D eigenvalue weighted by molar-refractivity contribution is 5.81. The van der Waals surface area contributed by atoms with Gasteiger partial charge in [-0.05, 0) is 69.4 Å². The molecule has 2 atom stereocenters. The number of rotatable bonds is 8. The summed E-state index contributed by atoms with van der Waals surface area (Å²) in [6.07, 6.45) is 20.4. The molecule has 0 unspecified atom stereocenters. The van der Waals surface area contributed by atoms with E-state index in [1.54, 1.807) is 19.3 Å². The van der Waals surface area contributed by atoms with Gasteiger partial charge in [-0.1, -0.05) is 62.3 Å². The summed E-state index contributed by atoms with van der Waals surface area (Å²) in [5.74, 6) is -0.563. The summed E-state index contributed by atoms with van der Waals surface area (Å²) in [7, 11) is 1.97. The maximum absolute atomic E-state index is 11.4. The molecular formula is C31H44N2O4. The van der Waals surface area contributed by atoms with E-state index in [2.05, 4.69) is 44.8 Å². The molecular weight excluding hydrogens is 464 g/mol. The van der Waals surface area contributed by atoms with Crippen LogP contribution in [0.3, 0.4) is 0 Å². The molecule has 1 N–H and O–H groups in total. The third kappa shape index (κ3) is 9.34. The van der Waals surface area contributed by atoms with Gasteiger partial charge in [-0.3, -0.25) is 4.79 Å². The number of carbonyl (C=O) groups is 2. The summed E-state index contributed by atoms with van der Waals surface area (Å²) in [5.41, 5.74) is 6.26. The lowest BCUT2D eigenvalue weighted by molar-refractivity contribution is -0.141. The van der Waals surface area contributed by atoms with E-state index in [1.807, 2.05) is 36.9 Å². The van der Waals surface area contributed by atoms with Crippen molar-refractivity contribution in [1.29, 1.82) is 0 Å². The molecule has 37 heavy (non-hydrogen) atoms. The predicted octanol–water partition coefficient (Wildman–Crippen LogP) is 6.76. The van der Waals surface area contributed by atoms with Crippen LogP contribution >= 0.6 is 0 Å². The van der Waals surface area contributed by atoms with Gasteiger partial charge in [0.2, 0.25) is 0 Å². The minimum atomic E-state index is -0.912. The second-order valence-corrected chi connectivity index (χ2v) is 10.9. The van der Waals surface area contributed by atoms with Crippen molar-refractivity contribution in [1.82, 2.24) is 9.55 Å². The Hall–Kier alpha value is -3.15. The largest absolute Gasteiger partial charge is 0.478 e. The topological polar surface area (TPSA) is 81.4 Å². The Balaban J connectivity index is 0.000000278. The molecule has 6 heteroatoms. The van der Waals surface area contributed by atoms with E-state index >= 15 is 0 Å². The van der Waals surface area contributed by atoms with Crippen LogP contribution in [0.1, 0.15) is 72.9 Å². The van der Waals surface area contributed by atoms with E-state index in [4.69, 9.17) is 9.84 Å². The first kappa shape index (κ1) is 30.1. The first-order valence-electron chi connectivity index (χ1n) is 13.2. The van der Waals surface area contributed by atoms with Gasteiger partial charge in [0.1, 0.15) is 0 Å². The highest BCUT2D eigenvalue weighted by atomic mass is 16.5. The van der Waals surface area contributed by atoms with Crippen molar-refractivity contribution < 1.29 is 19.4 Å². The number of hydrogen-bond acceptors (Lipinski definition) is 4. The molecule has 1 aliphatic carbocycles. The van der Waals surface area contributed by atoms with Crippen LogP contribution in [-0.2, 0) is 27.8 Å². The van der Waals surface area contributed by atoms with Crippen LogP contribution in [-0.4, -0.2) is 33.2 Å². The average Bonchev–Trinajstić information content (AvgIpc) is 3.37. The zero-order valence-corrected chi connectivity index (χ0v) is 23.6. The Bertz CT molecular complexity index is 1100. The second-order valence-electron chi connectivity index (χ2n) is 10.9. The smallest absolute Gasteiger partial charge is 0.328 e.